The molecule has 0 saturated heterocycles. The minimum atomic E-state index is -0.909. The van der Waals surface area contributed by atoms with Crippen LogP contribution >= 0.6 is 11.8 Å². The molecule has 1 atom stereocenters. The lowest BCUT2D eigenvalue weighted by Crippen LogP contribution is -2.29. The van der Waals surface area contributed by atoms with Crippen LogP contribution in [0, 0.1) is 0 Å². The summed E-state index contributed by atoms with van der Waals surface area (Å²) in [5, 5.41) is 9.77. The van der Waals surface area contributed by atoms with Crippen LogP contribution in [0.4, 0.5) is 5.69 Å². The number of anilines is 1. The zero-order valence-corrected chi connectivity index (χ0v) is 14.4. The van der Waals surface area contributed by atoms with Crippen LogP contribution in [0.3, 0.4) is 0 Å². The van der Waals surface area contributed by atoms with Gasteiger partial charge in [-0.1, -0.05) is 24.3 Å². The van der Waals surface area contributed by atoms with Crippen LogP contribution in [-0.4, -0.2) is 39.7 Å². The number of fused-ring (bicyclic) bond motifs is 1. The summed E-state index contributed by atoms with van der Waals surface area (Å²) in [5.41, 5.74) is 2.29. The van der Waals surface area contributed by atoms with Crippen LogP contribution in [0.5, 0.6) is 0 Å². The number of carbonyl (C=O) groups is 3. The number of imide groups is 1. The Balaban J connectivity index is 1.53. The number of benzene rings is 2. The van der Waals surface area contributed by atoms with Crippen molar-refractivity contribution in [3.63, 3.8) is 0 Å². The second kappa shape index (κ2) is 6.42. The van der Waals surface area contributed by atoms with Crippen molar-refractivity contribution in [1.29, 1.82) is 0 Å². The number of carboxylic acids is 1. The summed E-state index contributed by atoms with van der Waals surface area (Å²) < 4.78 is 0. The van der Waals surface area contributed by atoms with Crippen molar-refractivity contribution in [2.24, 2.45) is 4.99 Å². The normalized spacial score (nSPS) is 18.8. The van der Waals surface area contributed by atoms with E-state index in [1.54, 1.807) is 36.4 Å². The molecule has 2 aliphatic heterocycles. The van der Waals surface area contributed by atoms with Crippen LogP contribution in [-0.2, 0) is 11.2 Å². The first-order valence-corrected chi connectivity index (χ1v) is 9.02. The summed E-state index contributed by atoms with van der Waals surface area (Å²) in [6.45, 7) is 0. The fourth-order valence-corrected chi connectivity index (χ4v) is 4.05. The maximum absolute atomic E-state index is 12.5. The Morgan fingerprint density at radius 2 is 1.69 bits per heavy atom. The minimum Gasteiger partial charge on any atom is -0.480 e. The summed E-state index contributed by atoms with van der Waals surface area (Å²) in [7, 11) is 0. The Kier molecular flexibility index (Phi) is 4.08. The predicted octanol–water partition coefficient (Wildman–Crippen LogP) is 2.63. The highest BCUT2D eigenvalue weighted by Gasteiger charge is 2.36. The van der Waals surface area contributed by atoms with E-state index in [-0.39, 0.29) is 11.8 Å². The van der Waals surface area contributed by atoms with Gasteiger partial charge in [0.2, 0.25) is 0 Å². The third-order valence-corrected chi connectivity index (χ3v) is 5.40. The molecule has 0 radical (unpaired) electrons. The van der Waals surface area contributed by atoms with Crippen molar-refractivity contribution >= 4 is 40.3 Å². The molecular formula is C19H14N2O4S. The van der Waals surface area contributed by atoms with Gasteiger partial charge in [-0.05, 0) is 29.8 Å². The summed E-state index contributed by atoms with van der Waals surface area (Å²) in [6.07, 6.45) is 0.539. The number of nitrogens with zero attached hydrogens (tertiary/aromatic N) is 2. The van der Waals surface area contributed by atoms with Crippen LogP contribution in [0.1, 0.15) is 26.3 Å². The predicted molar refractivity (Wildman–Crippen MR) is 99.0 cm³/mol. The fourth-order valence-electron chi connectivity index (χ4n) is 3.01. The van der Waals surface area contributed by atoms with Crippen molar-refractivity contribution < 1.29 is 19.5 Å². The second-order valence-corrected chi connectivity index (χ2v) is 7.12. The maximum atomic E-state index is 12.5. The Labute approximate surface area is 153 Å². The van der Waals surface area contributed by atoms with Gasteiger partial charge in [0.15, 0.2) is 6.04 Å². The van der Waals surface area contributed by atoms with E-state index >= 15 is 0 Å². The molecule has 6 nitrogen and oxygen atoms in total. The smallest absolute Gasteiger partial charge is 0.329 e. The van der Waals surface area contributed by atoms with Crippen molar-refractivity contribution in [3.8, 4) is 0 Å². The van der Waals surface area contributed by atoms with E-state index in [0.29, 0.717) is 29.0 Å². The highest BCUT2D eigenvalue weighted by atomic mass is 32.2. The lowest BCUT2D eigenvalue weighted by molar-refractivity contribution is -0.137. The molecule has 0 bridgehead atoms. The van der Waals surface area contributed by atoms with Gasteiger partial charge < -0.3 is 5.11 Å². The lowest BCUT2D eigenvalue weighted by Gasteiger charge is -2.14. The second-order valence-electron chi connectivity index (χ2n) is 6.02. The zero-order chi connectivity index (χ0) is 18.3. The minimum absolute atomic E-state index is 0.321. The molecule has 2 amide bonds. The summed E-state index contributed by atoms with van der Waals surface area (Å²) >= 11 is 1.45. The first kappa shape index (κ1) is 16.5. The van der Waals surface area contributed by atoms with Gasteiger partial charge in [-0.2, -0.15) is 0 Å². The molecule has 0 spiro atoms. The van der Waals surface area contributed by atoms with Crippen LogP contribution in [0.2, 0.25) is 0 Å². The molecule has 1 N–H and O–H groups in total. The largest absolute Gasteiger partial charge is 0.480 e. The monoisotopic (exact) mass is 366 g/mol. The Bertz CT molecular complexity index is 917. The molecule has 0 aliphatic carbocycles. The van der Waals surface area contributed by atoms with E-state index in [1.807, 2.05) is 12.1 Å². The maximum Gasteiger partial charge on any atom is 0.329 e. The number of hydrogen-bond acceptors (Lipinski definition) is 5. The number of hydrogen-bond donors (Lipinski definition) is 1. The van der Waals surface area contributed by atoms with Crippen molar-refractivity contribution in [3.05, 3.63) is 65.2 Å². The topological polar surface area (TPSA) is 87.0 Å². The molecule has 4 rings (SSSR count). The van der Waals surface area contributed by atoms with E-state index in [0.717, 1.165) is 10.6 Å². The van der Waals surface area contributed by atoms with Gasteiger partial charge in [0.05, 0.1) is 21.9 Å². The van der Waals surface area contributed by atoms with E-state index in [1.165, 1.54) is 16.7 Å². The van der Waals surface area contributed by atoms with Crippen LogP contribution < -0.4 is 4.90 Å². The number of carbonyl (C=O) groups excluding carboxylic acids is 2. The number of aliphatic carboxylic acids is 1. The Morgan fingerprint density at radius 3 is 2.23 bits per heavy atom. The first-order valence-electron chi connectivity index (χ1n) is 8.03. The molecular weight excluding hydrogens is 352 g/mol. The summed E-state index contributed by atoms with van der Waals surface area (Å²) in [6, 6.07) is 13.2. The van der Waals surface area contributed by atoms with Crippen LogP contribution in [0.15, 0.2) is 53.5 Å². The van der Waals surface area contributed by atoms with Crippen molar-refractivity contribution in [1.82, 2.24) is 0 Å². The van der Waals surface area contributed by atoms with Gasteiger partial charge in [0.25, 0.3) is 11.8 Å². The molecule has 0 aromatic heterocycles. The Morgan fingerprint density at radius 1 is 1.08 bits per heavy atom. The first-order chi connectivity index (χ1) is 12.5. The van der Waals surface area contributed by atoms with Gasteiger partial charge in [-0.15, -0.1) is 11.8 Å². The molecule has 130 valence electrons. The van der Waals surface area contributed by atoms with Gasteiger partial charge in [0.1, 0.15) is 0 Å². The third-order valence-electron chi connectivity index (χ3n) is 4.34. The highest BCUT2D eigenvalue weighted by Crippen LogP contribution is 2.29. The number of amides is 2. The third kappa shape index (κ3) is 2.80. The van der Waals surface area contributed by atoms with Crippen LogP contribution in [0.25, 0.3) is 0 Å². The van der Waals surface area contributed by atoms with Gasteiger partial charge >= 0.3 is 5.97 Å². The average Bonchev–Trinajstić information content (AvgIpc) is 3.20. The summed E-state index contributed by atoms with van der Waals surface area (Å²) in [4.78, 5) is 41.3. The molecule has 2 aliphatic rings. The van der Waals surface area contributed by atoms with Gasteiger partial charge in [-0.3, -0.25) is 14.6 Å². The molecule has 0 unspecified atom stereocenters. The van der Waals surface area contributed by atoms with Crippen molar-refractivity contribution in [2.75, 3.05) is 10.7 Å². The zero-order valence-electron chi connectivity index (χ0n) is 13.6. The van der Waals surface area contributed by atoms with Crippen molar-refractivity contribution in [2.45, 2.75) is 12.5 Å². The number of aliphatic imine (C=N–C) groups is 1. The SMILES string of the molecule is O=C(O)[C@H]1CSC(Cc2ccc(N3C(=O)c4ccccc4C3=O)cc2)=N1. The van der Waals surface area contributed by atoms with E-state index in [4.69, 9.17) is 5.11 Å². The number of rotatable bonds is 4. The molecule has 7 heteroatoms. The average molecular weight is 366 g/mol. The lowest BCUT2D eigenvalue weighted by atomic mass is 10.1. The molecule has 2 heterocycles. The quantitative estimate of drug-likeness (QED) is 0.841. The van der Waals surface area contributed by atoms with Gasteiger partial charge in [0, 0.05) is 12.2 Å². The molecule has 2 aromatic carbocycles. The number of thioether (sulfide) groups is 1. The molecule has 0 fully saturated rings. The highest BCUT2D eigenvalue weighted by molar-refractivity contribution is 8.14. The number of carboxylic acid groups (broad SMARTS) is 1. The van der Waals surface area contributed by atoms with E-state index in [9.17, 15) is 14.4 Å². The fraction of sp³-hybridized carbons (Fsp3) is 0.158. The van der Waals surface area contributed by atoms with E-state index in [2.05, 4.69) is 4.99 Å². The molecule has 0 saturated carbocycles. The van der Waals surface area contributed by atoms with Gasteiger partial charge in [-0.25, -0.2) is 9.69 Å². The standard InChI is InChI=1S/C19H14N2O4S/c22-17-13-3-1-2-4-14(13)18(23)21(17)12-7-5-11(6-8-12)9-16-20-15(10-26-16)19(24)25/h1-8,15H,9-10H2,(H,24,25)/t15-/m1/s1. The van der Waals surface area contributed by atoms with E-state index < -0.39 is 12.0 Å². The molecule has 26 heavy (non-hydrogen) atoms. The Hall–Kier alpha value is -2.93. The molecule has 2 aromatic rings. The summed E-state index contributed by atoms with van der Waals surface area (Å²) in [5.74, 6) is -1.09.